The standard InChI is InChI=1S/C31H37F3O2/c1-3-18-36-26-15-17-27(29(32)19-26)23-7-4-21(5-8-23)6-9-25-14-16-28(31(34)30(25)33)24-12-10-22(11-13-24)20(2)35/h3,6,9,14-17,19-24,35H,1,4-5,7-8,10-13,18H2,2H3/b9-6+. The molecule has 2 aliphatic rings. The van der Waals surface area contributed by atoms with E-state index in [1.807, 2.05) is 12.1 Å². The van der Waals surface area contributed by atoms with Gasteiger partial charge in [0.15, 0.2) is 11.6 Å². The number of rotatable bonds is 8. The Balaban J connectivity index is 1.34. The number of allylic oxidation sites excluding steroid dienone is 1. The fraction of sp³-hybridized carbons (Fsp3) is 0.484. The molecular weight excluding hydrogens is 461 g/mol. The highest BCUT2D eigenvalue weighted by Crippen LogP contribution is 2.40. The van der Waals surface area contributed by atoms with Crippen molar-refractivity contribution in [2.24, 2.45) is 11.8 Å². The lowest BCUT2D eigenvalue weighted by Gasteiger charge is -2.30. The Hall–Kier alpha value is -2.53. The van der Waals surface area contributed by atoms with Crippen LogP contribution in [-0.2, 0) is 0 Å². The summed E-state index contributed by atoms with van der Waals surface area (Å²) in [6.45, 7) is 5.74. The Morgan fingerprint density at radius 2 is 1.56 bits per heavy atom. The van der Waals surface area contributed by atoms with Crippen LogP contribution >= 0.6 is 0 Å². The lowest BCUT2D eigenvalue weighted by atomic mass is 9.76. The van der Waals surface area contributed by atoms with Crippen LogP contribution in [0.15, 0.2) is 49.1 Å². The molecule has 0 amide bonds. The first-order valence-corrected chi connectivity index (χ1v) is 13.2. The summed E-state index contributed by atoms with van der Waals surface area (Å²) in [7, 11) is 0. The summed E-state index contributed by atoms with van der Waals surface area (Å²) in [6.07, 6.45) is 11.6. The summed E-state index contributed by atoms with van der Waals surface area (Å²) in [6, 6.07) is 8.46. The SMILES string of the molecule is C=CCOc1ccc(C2CCC(/C=C/c3ccc(C4CCC(C(C)O)CC4)c(F)c3F)CC2)c(F)c1. The first-order chi connectivity index (χ1) is 17.4. The zero-order valence-corrected chi connectivity index (χ0v) is 21.1. The minimum atomic E-state index is -0.782. The molecule has 2 saturated carbocycles. The van der Waals surface area contributed by atoms with Gasteiger partial charge in [-0.3, -0.25) is 0 Å². The second-order valence-electron chi connectivity index (χ2n) is 10.5. The van der Waals surface area contributed by atoms with Crippen LogP contribution in [0, 0.1) is 29.3 Å². The van der Waals surface area contributed by atoms with E-state index in [1.165, 1.54) is 6.07 Å². The molecular formula is C31H37F3O2. The van der Waals surface area contributed by atoms with Crippen LogP contribution in [-0.4, -0.2) is 17.8 Å². The smallest absolute Gasteiger partial charge is 0.166 e. The number of ether oxygens (including phenoxy) is 1. The lowest BCUT2D eigenvalue weighted by Crippen LogP contribution is -2.23. The molecule has 0 heterocycles. The maximum atomic E-state index is 14.9. The summed E-state index contributed by atoms with van der Waals surface area (Å²) in [5.41, 5.74) is 1.45. The third kappa shape index (κ3) is 6.23. The van der Waals surface area contributed by atoms with E-state index in [-0.39, 0.29) is 41.2 Å². The van der Waals surface area contributed by atoms with E-state index in [2.05, 4.69) is 6.58 Å². The number of halogens is 3. The van der Waals surface area contributed by atoms with Crippen LogP contribution in [0.5, 0.6) is 5.75 Å². The Morgan fingerprint density at radius 1 is 0.917 bits per heavy atom. The molecule has 0 bridgehead atoms. The summed E-state index contributed by atoms with van der Waals surface area (Å²) < 4.78 is 49.9. The predicted octanol–water partition coefficient (Wildman–Crippen LogP) is 8.31. The predicted molar refractivity (Wildman–Crippen MR) is 139 cm³/mol. The quantitative estimate of drug-likeness (QED) is 0.371. The van der Waals surface area contributed by atoms with Gasteiger partial charge in [0.25, 0.3) is 0 Å². The number of hydrogen-bond donors (Lipinski definition) is 1. The van der Waals surface area contributed by atoms with E-state index in [4.69, 9.17) is 4.74 Å². The van der Waals surface area contributed by atoms with Crippen molar-refractivity contribution in [2.75, 3.05) is 6.61 Å². The van der Waals surface area contributed by atoms with Crippen LogP contribution in [0.2, 0.25) is 0 Å². The van der Waals surface area contributed by atoms with E-state index in [0.717, 1.165) is 56.9 Å². The normalized spacial score (nSPS) is 25.6. The van der Waals surface area contributed by atoms with Crippen LogP contribution in [0.25, 0.3) is 6.08 Å². The van der Waals surface area contributed by atoms with Gasteiger partial charge in [-0.1, -0.05) is 43.0 Å². The van der Waals surface area contributed by atoms with E-state index in [1.54, 1.807) is 37.3 Å². The summed E-state index contributed by atoms with van der Waals surface area (Å²) in [5.74, 6) is -0.594. The molecule has 2 aromatic carbocycles. The molecule has 0 radical (unpaired) electrons. The zero-order chi connectivity index (χ0) is 25.7. The molecule has 36 heavy (non-hydrogen) atoms. The van der Waals surface area contributed by atoms with Gasteiger partial charge < -0.3 is 9.84 Å². The Labute approximate surface area is 212 Å². The number of aliphatic hydroxyl groups is 1. The molecule has 2 fully saturated rings. The van der Waals surface area contributed by atoms with Crippen molar-refractivity contribution in [1.29, 1.82) is 0 Å². The molecule has 1 atom stereocenters. The molecule has 0 aromatic heterocycles. The van der Waals surface area contributed by atoms with Crippen molar-refractivity contribution in [1.82, 2.24) is 0 Å². The van der Waals surface area contributed by atoms with E-state index < -0.39 is 11.6 Å². The Kier molecular flexibility index (Phi) is 8.95. The zero-order valence-electron chi connectivity index (χ0n) is 21.1. The average Bonchev–Trinajstić information content (AvgIpc) is 2.89. The molecule has 4 rings (SSSR count). The van der Waals surface area contributed by atoms with Crippen molar-refractivity contribution in [3.05, 3.63) is 83.2 Å². The molecule has 0 saturated heterocycles. The number of aliphatic hydroxyl groups excluding tert-OH is 1. The monoisotopic (exact) mass is 498 g/mol. The molecule has 2 aliphatic carbocycles. The van der Waals surface area contributed by atoms with Crippen LogP contribution in [0.1, 0.15) is 86.8 Å². The molecule has 5 heteroatoms. The third-order valence-electron chi connectivity index (χ3n) is 8.14. The van der Waals surface area contributed by atoms with E-state index >= 15 is 0 Å². The number of benzene rings is 2. The second-order valence-corrected chi connectivity index (χ2v) is 10.5. The van der Waals surface area contributed by atoms with E-state index in [9.17, 15) is 18.3 Å². The molecule has 2 nitrogen and oxygen atoms in total. The maximum absolute atomic E-state index is 14.9. The molecule has 1 unspecified atom stereocenters. The Bertz CT molecular complexity index is 1060. The van der Waals surface area contributed by atoms with Crippen LogP contribution in [0.4, 0.5) is 13.2 Å². The molecule has 0 aliphatic heterocycles. The van der Waals surface area contributed by atoms with Gasteiger partial charge in [-0.25, -0.2) is 13.2 Å². The Morgan fingerprint density at radius 3 is 2.19 bits per heavy atom. The average molecular weight is 499 g/mol. The second kappa shape index (κ2) is 12.1. The molecule has 1 N–H and O–H groups in total. The molecule has 194 valence electrons. The molecule has 0 spiro atoms. The van der Waals surface area contributed by atoms with Gasteiger partial charge in [-0.05, 0) is 99.2 Å². The topological polar surface area (TPSA) is 29.5 Å². The van der Waals surface area contributed by atoms with Gasteiger partial charge in [0.2, 0.25) is 0 Å². The highest BCUT2D eigenvalue weighted by molar-refractivity contribution is 5.52. The van der Waals surface area contributed by atoms with Crippen molar-refractivity contribution < 1.29 is 23.0 Å². The van der Waals surface area contributed by atoms with Crippen LogP contribution in [0.3, 0.4) is 0 Å². The van der Waals surface area contributed by atoms with Gasteiger partial charge in [-0.2, -0.15) is 0 Å². The minimum absolute atomic E-state index is 0.00539. The van der Waals surface area contributed by atoms with Gasteiger partial charge in [0, 0.05) is 11.6 Å². The lowest BCUT2D eigenvalue weighted by molar-refractivity contribution is 0.0963. The van der Waals surface area contributed by atoms with Gasteiger partial charge in [0.05, 0.1) is 6.10 Å². The first-order valence-electron chi connectivity index (χ1n) is 13.2. The summed E-state index contributed by atoms with van der Waals surface area (Å²) in [5, 5.41) is 9.79. The first kappa shape index (κ1) is 26.5. The molecule has 2 aromatic rings. The highest BCUT2D eigenvalue weighted by Gasteiger charge is 2.28. The van der Waals surface area contributed by atoms with Gasteiger partial charge in [-0.15, -0.1) is 0 Å². The summed E-state index contributed by atoms with van der Waals surface area (Å²) in [4.78, 5) is 0. The fourth-order valence-corrected chi connectivity index (χ4v) is 5.88. The number of hydrogen-bond acceptors (Lipinski definition) is 2. The van der Waals surface area contributed by atoms with Crippen molar-refractivity contribution in [3.8, 4) is 5.75 Å². The van der Waals surface area contributed by atoms with Crippen molar-refractivity contribution in [2.45, 2.75) is 76.2 Å². The van der Waals surface area contributed by atoms with Crippen molar-refractivity contribution in [3.63, 3.8) is 0 Å². The summed E-state index contributed by atoms with van der Waals surface area (Å²) >= 11 is 0. The van der Waals surface area contributed by atoms with E-state index in [0.29, 0.717) is 17.9 Å². The van der Waals surface area contributed by atoms with Gasteiger partial charge in [0.1, 0.15) is 18.2 Å². The van der Waals surface area contributed by atoms with Crippen LogP contribution < -0.4 is 4.74 Å². The third-order valence-corrected chi connectivity index (χ3v) is 8.14. The fourth-order valence-electron chi connectivity index (χ4n) is 5.88. The highest BCUT2D eigenvalue weighted by atomic mass is 19.2. The minimum Gasteiger partial charge on any atom is -0.489 e. The van der Waals surface area contributed by atoms with Crippen molar-refractivity contribution >= 4 is 6.08 Å². The maximum Gasteiger partial charge on any atom is 0.166 e. The van der Waals surface area contributed by atoms with Gasteiger partial charge >= 0.3 is 0 Å². The largest absolute Gasteiger partial charge is 0.489 e.